The number of imide groups is 1. The number of benzene rings is 1. The average molecular weight is 306 g/mol. The van der Waals surface area contributed by atoms with Gasteiger partial charge in [-0.2, -0.15) is 11.8 Å². The maximum absolute atomic E-state index is 12.1. The van der Waals surface area contributed by atoms with Crippen molar-refractivity contribution in [1.82, 2.24) is 10.2 Å². The molecule has 0 fully saturated rings. The average Bonchev–Trinajstić information content (AvgIpc) is 2.75. The molecule has 0 aliphatic carbocycles. The van der Waals surface area contributed by atoms with Crippen LogP contribution in [0.3, 0.4) is 0 Å². The number of unbranched alkanes of at least 4 members (excludes halogenated alkanes) is 1. The number of hydrogen-bond acceptors (Lipinski definition) is 4. The first-order valence-electron chi connectivity index (χ1n) is 6.88. The number of nitrogens with zero attached hydrogens (tertiary/aromatic N) is 1. The van der Waals surface area contributed by atoms with Gasteiger partial charge in [-0.25, -0.2) is 0 Å². The molecule has 112 valence electrons. The second kappa shape index (κ2) is 7.26. The van der Waals surface area contributed by atoms with Crippen molar-refractivity contribution in [3.63, 3.8) is 0 Å². The number of nitrogens with one attached hydrogen (secondary N) is 1. The maximum atomic E-state index is 12.1. The van der Waals surface area contributed by atoms with Gasteiger partial charge in [0.15, 0.2) is 0 Å². The minimum Gasteiger partial charge on any atom is -0.358 e. The van der Waals surface area contributed by atoms with Crippen molar-refractivity contribution in [1.29, 1.82) is 0 Å². The van der Waals surface area contributed by atoms with E-state index in [2.05, 4.69) is 5.32 Å². The van der Waals surface area contributed by atoms with Crippen LogP contribution in [-0.4, -0.2) is 47.7 Å². The van der Waals surface area contributed by atoms with E-state index in [-0.39, 0.29) is 17.7 Å². The summed E-state index contributed by atoms with van der Waals surface area (Å²) >= 11 is 1.56. The molecule has 0 unspecified atom stereocenters. The summed E-state index contributed by atoms with van der Waals surface area (Å²) in [4.78, 5) is 36.6. The van der Waals surface area contributed by atoms with Gasteiger partial charge in [-0.3, -0.25) is 19.3 Å². The molecule has 1 aromatic rings. The summed E-state index contributed by atoms with van der Waals surface area (Å²) in [6, 6.07) is 6.91. The molecular formula is C15H18N2O3S. The number of rotatable bonds is 7. The molecule has 0 atom stereocenters. The van der Waals surface area contributed by atoms with Crippen LogP contribution in [0, 0.1) is 0 Å². The summed E-state index contributed by atoms with van der Waals surface area (Å²) in [5.74, 6) is 0.905. The van der Waals surface area contributed by atoms with E-state index < -0.39 is 0 Å². The molecule has 0 saturated heterocycles. The Hall–Kier alpha value is -1.82. The number of thioether (sulfide) groups is 1. The van der Waals surface area contributed by atoms with Gasteiger partial charge in [-0.05, 0) is 30.7 Å². The molecule has 0 saturated carbocycles. The van der Waals surface area contributed by atoms with E-state index in [0.717, 1.165) is 18.6 Å². The van der Waals surface area contributed by atoms with E-state index in [1.807, 2.05) is 0 Å². The van der Waals surface area contributed by atoms with E-state index in [4.69, 9.17) is 0 Å². The summed E-state index contributed by atoms with van der Waals surface area (Å²) in [5, 5.41) is 2.57. The zero-order valence-corrected chi connectivity index (χ0v) is 12.7. The zero-order chi connectivity index (χ0) is 15.2. The molecule has 0 bridgehead atoms. The molecule has 1 aromatic carbocycles. The molecule has 0 aromatic heterocycles. The first-order chi connectivity index (χ1) is 10.1. The first kappa shape index (κ1) is 15.6. The van der Waals surface area contributed by atoms with Gasteiger partial charge in [-0.1, -0.05) is 12.1 Å². The summed E-state index contributed by atoms with van der Waals surface area (Å²) in [6.07, 6.45) is 1.63. The van der Waals surface area contributed by atoms with Gasteiger partial charge in [0.1, 0.15) is 0 Å². The van der Waals surface area contributed by atoms with Crippen LogP contribution in [0.4, 0.5) is 0 Å². The molecule has 1 aliphatic rings. The van der Waals surface area contributed by atoms with Crippen LogP contribution < -0.4 is 5.32 Å². The fraction of sp³-hybridized carbons (Fsp3) is 0.400. The number of carbonyl (C=O) groups excluding carboxylic acids is 3. The molecule has 1 heterocycles. The molecule has 0 spiro atoms. The monoisotopic (exact) mass is 306 g/mol. The summed E-state index contributed by atoms with van der Waals surface area (Å²) in [6.45, 7) is 0.437. The Balaban J connectivity index is 1.74. The van der Waals surface area contributed by atoms with Crippen molar-refractivity contribution in [2.75, 3.05) is 25.1 Å². The fourth-order valence-electron chi connectivity index (χ4n) is 2.15. The molecule has 6 heteroatoms. The van der Waals surface area contributed by atoms with E-state index in [0.29, 0.717) is 23.4 Å². The first-order valence-corrected chi connectivity index (χ1v) is 8.04. The van der Waals surface area contributed by atoms with Gasteiger partial charge < -0.3 is 5.32 Å². The predicted molar refractivity (Wildman–Crippen MR) is 82.4 cm³/mol. The molecule has 1 N–H and O–H groups in total. The van der Waals surface area contributed by atoms with Gasteiger partial charge in [0, 0.05) is 13.6 Å². The highest BCUT2D eigenvalue weighted by molar-refractivity contribution is 7.99. The van der Waals surface area contributed by atoms with Gasteiger partial charge in [0.25, 0.3) is 11.8 Å². The summed E-state index contributed by atoms with van der Waals surface area (Å²) < 4.78 is 0. The Labute approximate surface area is 128 Å². The number of fused-ring (bicyclic) bond motifs is 1. The Kier molecular flexibility index (Phi) is 5.38. The molecule has 0 radical (unpaired) electrons. The second-order valence-corrected chi connectivity index (χ2v) is 5.85. The number of amides is 3. The lowest BCUT2D eigenvalue weighted by Crippen LogP contribution is -2.30. The highest BCUT2D eigenvalue weighted by Crippen LogP contribution is 2.22. The third-order valence-electron chi connectivity index (χ3n) is 3.31. The van der Waals surface area contributed by atoms with Crippen LogP contribution in [0.5, 0.6) is 0 Å². The van der Waals surface area contributed by atoms with Crippen molar-refractivity contribution in [2.24, 2.45) is 0 Å². The third kappa shape index (κ3) is 3.64. The topological polar surface area (TPSA) is 66.5 Å². The highest BCUT2D eigenvalue weighted by Gasteiger charge is 2.34. The maximum Gasteiger partial charge on any atom is 0.261 e. The van der Waals surface area contributed by atoms with Crippen molar-refractivity contribution in [2.45, 2.75) is 12.8 Å². The number of carbonyl (C=O) groups is 3. The van der Waals surface area contributed by atoms with Gasteiger partial charge in [0.05, 0.1) is 16.9 Å². The predicted octanol–water partition coefficient (Wildman–Crippen LogP) is 1.54. The summed E-state index contributed by atoms with van der Waals surface area (Å²) in [5.41, 5.74) is 0.994. The van der Waals surface area contributed by atoms with Crippen molar-refractivity contribution in [3.05, 3.63) is 35.4 Å². The van der Waals surface area contributed by atoms with E-state index in [1.165, 1.54) is 4.90 Å². The molecule has 2 rings (SSSR count). The fourth-order valence-corrected chi connectivity index (χ4v) is 3.04. The van der Waals surface area contributed by atoms with Crippen LogP contribution in [-0.2, 0) is 4.79 Å². The van der Waals surface area contributed by atoms with Crippen molar-refractivity contribution in [3.8, 4) is 0 Å². The molecule has 21 heavy (non-hydrogen) atoms. The van der Waals surface area contributed by atoms with Gasteiger partial charge in [0.2, 0.25) is 5.91 Å². The van der Waals surface area contributed by atoms with Crippen LogP contribution in [0.1, 0.15) is 33.6 Å². The normalized spacial score (nSPS) is 13.5. The highest BCUT2D eigenvalue weighted by atomic mass is 32.2. The lowest BCUT2D eigenvalue weighted by molar-refractivity contribution is -0.118. The molecule has 1 aliphatic heterocycles. The van der Waals surface area contributed by atoms with Crippen LogP contribution in [0.25, 0.3) is 0 Å². The molecular weight excluding hydrogens is 288 g/mol. The lowest BCUT2D eigenvalue weighted by atomic mass is 10.1. The smallest absolute Gasteiger partial charge is 0.261 e. The Morgan fingerprint density at radius 1 is 1.14 bits per heavy atom. The van der Waals surface area contributed by atoms with Crippen LogP contribution in [0.2, 0.25) is 0 Å². The van der Waals surface area contributed by atoms with Gasteiger partial charge >= 0.3 is 0 Å². The standard InChI is InChI=1S/C15H18N2O3S/c1-16-13(18)10-21-9-5-4-8-17-14(19)11-6-2-3-7-12(11)15(17)20/h2-3,6-7H,4-5,8-10H2,1H3,(H,16,18). The third-order valence-corrected chi connectivity index (χ3v) is 4.35. The largest absolute Gasteiger partial charge is 0.358 e. The quantitative estimate of drug-likeness (QED) is 0.613. The Morgan fingerprint density at radius 2 is 1.76 bits per heavy atom. The minimum absolute atomic E-state index is 0.0142. The molecule has 3 amide bonds. The van der Waals surface area contributed by atoms with E-state index in [1.54, 1.807) is 43.1 Å². The Morgan fingerprint density at radius 3 is 2.33 bits per heavy atom. The SMILES string of the molecule is CNC(=O)CSCCCCN1C(=O)c2ccccc2C1=O. The summed E-state index contributed by atoms with van der Waals surface area (Å²) in [7, 11) is 1.62. The second-order valence-electron chi connectivity index (χ2n) is 4.74. The minimum atomic E-state index is -0.200. The van der Waals surface area contributed by atoms with E-state index >= 15 is 0 Å². The number of hydrogen-bond donors (Lipinski definition) is 1. The van der Waals surface area contributed by atoms with Crippen LogP contribution in [0.15, 0.2) is 24.3 Å². The van der Waals surface area contributed by atoms with Crippen LogP contribution >= 0.6 is 11.8 Å². The Bertz CT molecular complexity index is 525. The lowest BCUT2D eigenvalue weighted by Gasteiger charge is -2.13. The zero-order valence-electron chi connectivity index (χ0n) is 11.9. The van der Waals surface area contributed by atoms with Crippen molar-refractivity contribution < 1.29 is 14.4 Å². The van der Waals surface area contributed by atoms with E-state index in [9.17, 15) is 14.4 Å². The van der Waals surface area contributed by atoms with Crippen molar-refractivity contribution >= 4 is 29.5 Å². The van der Waals surface area contributed by atoms with Gasteiger partial charge in [-0.15, -0.1) is 0 Å². The molecule has 5 nitrogen and oxygen atoms in total.